The Hall–Kier alpha value is -3.36. The van der Waals surface area contributed by atoms with Crippen LogP contribution in [0.15, 0.2) is 58.3 Å². The van der Waals surface area contributed by atoms with Gasteiger partial charge in [-0.05, 0) is 48.1 Å². The SMILES string of the molecule is Cn1c(=O)c(-c2ccc(Cl)c(Cl)c2)cn(CC(=O)N2CCC(N3CCc4ccccc4CC3=O)CC2)c1=O. The summed E-state index contributed by atoms with van der Waals surface area (Å²) in [5, 5.41) is 0.639. The highest BCUT2D eigenvalue weighted by Crippen LogP contribution is 2.27. The Morgan fingerprint density at radius 2 is 1.66 bits per heavy atom. The van der Waals surface area contributed by atoms with Crippen LogP contribution in [0.25, 0.3) is 11.1 Å². The molecule has 0 saturated carbocycles. The molecule has 0 atom stereocenters. The molecular weight excluding hydrogens is 527 g/mol. The highest BCUT2D eigenvalue weighted by molar-refractivity contribution is 6.42. The molecule has 8 nitrogen and oxygen atoms in total. The monoisotopic (exact) mass is 554 g/mol. The van der Waals surface area contributed by atoms with Crippen LogP contribution in [0.5, 0.6) is 0 Å². The van der Waals surface area contributed by atoms with Gasteiger partial charge >= 0.3 is 5.69 Å². The topological polar surface area (TPSA) is 84.6 Å². The highest BCUT2D eigenvalue weighted by Gasteiger charge is 2.31. The molecule has 1 fully saturated rings. The van der Waals surface area contributed by atoms with Crippen LogP contribution in [0.3, 0.4) is 0 Å². The number of fused-ring (bicyclic) bond motifs is 1. The zero-order valence-corrected chi connectivity index (χ0v) is 22.5. The van der Waals surface area contributed by atoms with Crippen LogP contribution in [0.4, 0.5) is 0 Å². The Morgan fingerprint density at radius 3 is 2.37 bits per heavy atom. The summed E-state index contributed by atoms with van der Waals surface area (Å²) < 4.78 is 2.24. The fraction of sp³-hybridized carbons (Fsp3) is 0.357. The smallest absolute Gasteiger partial charge is 0.331 e. The predicted octanol–water partition coefficient (Wildman–Crippen LogP) is 3.14. The Morgan fingerprint density at radius 1 is 0.947 bits per heavy atom. The largest absolute Gasteiger partial charge is 0.341 e. The molecule has 0 spiro atoms. The molecule has 198 valence electrons. The summed E-state index contributed by atoms with van der Waals surface area (Å²) in [6.45, 7) is 1.49. The van der Waals surface area contributed by atoms with Crippen LogP contribution in [0.1, 0.15) is 24.0 Å². The van der Waals surface area contributed by atoms with Gasteiger partial charge in [0.25, 0.3) is 5.56 Å². The van der Waals surface area contributed by atoms with Crippen LogP contribution in [-0.4, -0.2) is 56.4 Å². The lowest BCUT2D eigenvalue weighted by atomic mass is 10.0. The van der Waals surface area contributed by atoms with Gasteiger partial charge in [0, 0.05) is 38.9 Å². The van der Waals surface area contributed by atoms with Crippen molar-refractivity contribution in [3.05, 3.63) is 90.7 Å². The third-order valence-corrected chi connectivity index (χ3v) is 8.29. The van der Waals surface area contributed by atoms with Crippen LogP contribution in [0.2, 0.25) is 10.0 Å². The predicted molar refractivity (Wildman–Crippen MR) is 147 cm³/mol. The minimum Gasteiger partial charge on any atom is -0.341 e. The average Bonchev–Trinajstić information content (AvgIpc) is 3.08. The number of carbonyl (C=O) groups is 2. The first kappa shape index (κ1) is 26.3. The van der Waals surface area contributed by atoms with Gasteiger partial charge < -0.3 is 9.80 Å². The Labute approximate surface area is 230 Å². The van der Waals surface area contributed by atoms with Crippen LogP contribution >= 0.6 is 23.2 Å². The van der Waals surface area contributed by atoms with Crippen molar-refractivity contribution in [2.75, 3.05) is 19.6 Å². The van der Waals surface area contributed by atoms with Crippen LogP contribution in [-0.2, 0) is 36.0 Å². The van der Waals surface area contributed by atoms with E-state index in [1.165, 1.54) is 23.4 Å². The van der Waals surface area contributed by atoms with Gasteiger partial charge in [-0.1, -0.05) is 53.5 Å². The van der Waals surface area contributed by atoms with E-state index in [1.807, 2.05) is 23.1 Å². The number of hydrogen-bond acceptors (Lipinski definition) is 4. The average molecular weight is 555 g/mol. The molecule has 3 aromatic rings. The maximum atomic E-state index is 13.2. The number of piperidine rings is 1. The molecular formula is C28H28Cl2N4O4. The fourth-order valence-corrected chi connectivity index (χ4v) is 5.66. The van der Waals surface area contributed by atoms with Gasteiger partial charge in [0.15, 0.2) is 0 Å². The number of likely N-dealkylation sites (tertiary alicyclic amines) is 1. The minimum absolute atomic E-state index is 0.0855. The molecule has 0 bridgehead atoms. The lowest BCUT2D eigenvalue weighted by molar-refractivity contribution is -0.136. The van der Waals surface area contributed by atoms with Crippen molar-refractivity contribution in [2.24, 2.45) is 7.05 Å². The number of halogens is 2. The number of hydrogen-bond donors (Lipinski definition) is 0. The first-order valence-corrected chi connectivity index (χ1v) is 13.4. The van der Waals surface area contributed by atoms with Crippen molar-refractivity contribution < 1.29 is 9.59 Å². The molecule has 38 heavy (non-hydrogen) atoms. The van der Waals surface area contributed by atoms with E-state index in [0.29, 0.717) is 49.5 Å². The third kappa shape index (κ3) is 5.15. The molecule has 3 heterocycles. The summed E-state index contributed by atoms with van der Waals surface area (Å²) in [7, 11) is 1.38. The molecule has 0 aliphatic carbocycles. The number of amides is 2. The van der Waals surface area contributed by atoms with Gasteiger partial charge in [-0.25, -0.2) is 4.79 Å². The van der Waals surface area contributed by atoms with E-state index in [4.69, 9.17) is 23.2 Å². The molecule has 0 unspecified atom stereocenters. The molecule has 2 amide bonds. The van der Waals surface area contributed by atoms with Gasteiger partial charge in [0.1, 0.15) is 6.54 Å². The van der Waals surface area contributed by atoms with E-state index in [0.717, 1.165) is 16.6 Å². The molecule has 2 aromatic carbocycles. The molecule has 2 aliphatic heterocycles. The van der Waals surface area contributed by atoms with E-state index >= 15 is 0 Å². The minimum atomic E-state index is -0.572. The quantitative estimate of drug-likeness (QED) is 0.496. The van der Waals surface area contributed by atoms with Crippen molar-refractivity contribution >= 4 is 35.0 Å². The van der Waals surface area contributed by atoms with E-state index in [9.17, 15) is 19.2 Å². The van der Waals surface area contributed by atoms with Crippen molar-refractivity contribution in [1.82, 2.24) is 18.9 Å². The molecule has 1 saturated heterocycles. The van der Waals surface area contributed by atoms with Gasteiger partial charge in [-0.3, -0.25) is 23.5 Å². The highest BCUT2D eigenvalue weighted by atomic mass is 35.5. The molecule has 0 N–H and O–H groups in total. The van der Waals surface area contributed by atoms with Gasteiger partial charge in [-0.15, -0.1) is 0 Å². The standard InChI is InChI=1S/C28H28Cl2N4O4/c1-31-27(37)22(20-6-7-23(29)24(30)14-20)16-33(28(31)38)17-26(36)32-11-9-21(10-12-32)34-13-8-18-4-2-3-5-19(18)15-25(34)35/h2-7,14,16,21H,8-13,15,17H2,1H3. The lowest BCUT2D eigenvalue weighted by Gasteiger charge is -2.38. The normalized spacial score (nSPS) is 16.3. The van der Waals surface area contributed by atoms with Gasteiger partial charge in [0.2, 0.25) is 11.8 Å². The maximum Gasteiger partial charge on any atom is 0.331 e. The second-order valence-electron chi connectivity index (χ2n) is 9.84. The van der Waals surface area contributed by atoms with Crippen LogP contribution < -0.4 is 11.2 Å². The van der Waals surface area contributed by atoms with Gasteiger partial charge in [-0.2, -0.15) is 0 Å². The zero-order chi connectivity index (χ0) is 27.0. The number of nitrogens with zero attached hydrogens (tertiary/aromatic N) is 4. The van der Waals surface area contributed by atoms with Crippen molar-refractivity contribution in [3.8, 4) is 11.1 Å². The summed E-state index contributed by atoms with van der Waals surface area (Å²) >= 11 is 12.1. The molecule has 1 aromatic heterocycles. The summed E-state index contributed by atoms with van der Waals surface area (Å²) in [5.41, 5.74) is 2.01. The summed E-state index contributed by atoms with van der Waals surface area (Å²) in [5.74, 6) is -0.0785. The summed E-state index contributed by atoms with van der Waals surface area (Å²) in [4.78, 5) is 55.4. The Balaban J connectivity index is 1.27. The third-order valence-electron chi connectivity index (χ3n) is 7.55. The Kier molecular flexibility index (Phi) is 7.45. The number of carbonyl (C=O) groups excluding carboxylic acids is 2. The zero-order valence-electron chi connectivity index (χ0n) is 21.0. The number of aromatic nitrogens is 2. The summed E-state index contributed by atoms with van der Waals surface area (Å²) in [6.07, 6.45) is 4.02. The second kappa shape index (κ2) is 10.8. The van der Waals surface area contributed by atoms with E-state index in [2.05, 4.69) is 6.07 Å². The first-order valence-electron chi connectivity index (χ1n) is 12.6. The van der Waals surface area contributed by atoms with Crippen LogP contribution in [0, 0.1) is 0 Å². The van der Waals surface area contributed by atoms with Crippen molar-refractivity contribution in [1.29, 1.82) is 0 Å². The van der Waals surface area contributed by atoms with E-state index in [-0.39, 0.29) is 35.0 Å². The maximum absolute atomic E-state index is 13.2. The molecule has 0 radical (unpaired) electrons. The lowest BCUT2D eigenvalue weighted by Crippen LogP contribution is -2.50. The molecule has 10 heteroatoms. The second-order valence-corrected chi connectivity index (χ2v) is 10.7. The molecule has 5 rings (SSSR count). The fourth-order valence-electron chi connectivity index (χ4n) is 5.36. The van der Waals surface area contributed by atoms with E-state index < -0.39 is 11.2 Å². The molecule has 2 aliphatic rings. The van der Waals surface area contributed by atoms with E-state index in [1.54, 1.807) is 23.1 Å². The summed E-state index contributed by atoms with van der Waals surface area (Å²) in [6, 6.07) is 13.0. The number of rotatable bonds is 4. The first-order chi connectivity index (χ1) is 18.2. The number of benzene rings is 2. The Bertz CT molecular complexity index is 1520. The van der Waals surface area contributed by atoms with Crippen molar-refractivity contribution in [2.45, 2.75) is 38.3 Å². The van der Waals surface area contributed by atoms with Crippen molar-refractivity contribution in [3.63, 3.8) is 0 Å². The van der Waals surface area contributed by atoms with Gasteiger partial charge in [0.05, 0.1) is 22.0 Å².